The molecule has 0 radical (unpaired) electrons. The van der Waals surface area contributed by atoms with Crippen LogP contribution in [0.4, 0.5) is 5.69 Å². The number of fused-ring (bicyclic) bond motifs is 2. The number of nitrogens with zero attached hydrogens (tertiary/aromatic N) is 3. The molecule has 9 nitrogen and oxygen atoms in total. The van der Waals surface area contributed by atoms with E-state index in [-0.39, 0.29) is 0 Å². The zero-order valence-electron chi connectivity index (χ0n) is 23.5. The van der Waals surface area contributed by atoms with Gasteiger partial charge in [0.2, 0.25) is 5.52 Å². The van der Waals surface area contributed by atoms with Crippen LogP contribution in [0.25, 0.3) is 16.3 Å². The Kier molecular flexibility index (Phi) is 11.7. The fraction of sp³-hybridized carbons (Fsp3) is 0.321. The number of para-hydroxylation sites is 2. The number of hydrogen-bond donors (Lipinski definition) is 2. The molecule has 0 spiro atoms. The molecule has 0 atom stereocenters. The normalized spacial score (nSPS) is 14.9. The van der Waals surface area contributed by atoms with Gasteiger partial charge in [0.05, 0.1) is 10.7 Å². The van der Waals surface area contributed by atoms with Gasteiger partial charge in [0, 0.05) is 16.5 Å². The number of aromatic nitrogens is 1. The lowest BCUT2D eigenvalue weighted by molar-refractivity contribution is -0.486. The maximum absolute atomic E-state index is 12.2. The number of allylic oxidation sites excluding steroid dienone is 4. The zero-order chi connectivity index (χ0) is 30.2. The second kappa shape index (κ2) is 14.6. The van der Waals surface area contributed by atoms with Crippen LogP contribution >= 0.6 is 23.1 Å². The average molecular weight is 639 g/mol. The quantitative estimate of drug-likeness (QED) is 0.159. The van der Waals surface area contributed by atoms with Crippen molar-refractivity contribution in [2.75, 3.05) is 23.9 Å². The van der Waals surface area contributed by atoms with Crippen molar-refractivity contribution in [3.63, 3.8) is 0 Å². The Morgan fingerprint density at radius 3 is 2.17 bits per heavy atom. The van der Waals surface area contributed by atoms with Gasteiger partial charge in [-0.05, 0) is 54.3 Å². The third-order valence-electron chi connectivity index (χ3n) is 6.22. The van der Waals surface area contributed by atoms with Gasteiger partial charge in [-0.2, -0.15) is 8.42 Å². The Balaban J connectivity index is 0.000000587. The van der Waals surface area contributed by atoms with Crippen LogP contribution in [0, 0.1) is 0 Å². The van der Waals surface area contributed by atoms with Crippen molar-refractivity contribution in [2.24, 2.45) is 0 Å². The fourth-order valence-electron chi connectivity index (χ4n) is 4.28. The summed E-state index contributed by atoms with van der Waals surface area (Å²) >= 11 is 2.43. The van der Waals surface area contributed by atoms with E-state index in [0.29, 0.717) is 32.6 Å². The van der Waals surface area contributed by atoms with Gasteiger partial charge in [-0.25, -0.2) is 8.86 Å². The first-order valence-electron chi connectivity index (χ1n) is 13.2. The van der Waals surface area contributed by atoms with E-state index < -0.39 is 20.6 Å². The molecule has 2 heterocycles. The summed E-state index contributed by atoms with van der Waals surface area (Å²) in [5.41, 5.74) is 1.66. The molecule has 0 amide bonds. The molecule has 1 aliphatic heterocycles. The van der Waals surface area contributed by atoms with E-state index >= 15 is 0 Å². The molecule has 13 heteroatoms. The Labute approximate surface area is 251 Å². The van der Waals surface area contributed by atoms with Gasteiger partial charge in [0.15, 0.2) is 0 Å². The molecule has 0 saturated heterocycles. The summed E-state index contributed by atoms with van der Waals surface area (Å²) in [6, 6.07) is 12.3. The average Bonchev–Trinajstić information content (AvgIpc) is 3.49. The van der Waals surface area contributed by atoms with E-state index in [1.807, 2.05) is 19.1 Å². The van der Waals surface area contributed by atoms with Crippen molar-refractivity contribution in [3.8, 4) is 0 Å². The predicted molar refractivity (Wildman–Crippen MR) is 169 cm³/mol. The zero-order valence-corrected chi connectivity index (χ0v) is 26.7. The highest BCUT2D eigenvalue weighted by Gasteiger charge is 2.33. The maximum Gasteiger partial charge on any atom is 0.513 e. The van der Waals surface area contributed by atoms with Crippen LogP contribution in [0.5, 0.6) is 0 Å². The Hall–Kier alpha value is -2.52. The summed E-state index contributed by atoms with van der Waals surface area (Å²) in [6.45, 7) is 12.1. The second-order valence-corrected chi connectivity index (χ2v) is 13.5. The van der Waals surface area contributed by atoms with Crippen LogP contribution in [0.15, 0.2) is 76.7 Å². The molecule has 41 heavy (non-hydrogen) atoms. The molecule has 0 unspecified atom stereocenters. The smallest absolute Gasteiger partial charge is 0.304 e. The second-order valence-electron chi connectivity index (χ2n) is 8.88. The van der Waals surface area contributed by atoms with Crippen molar-refractivity contribution < 1.29 is 29.9 Å². The van der Waals surface area contributed by atoms with Crippen LogP contribution in [0.1, 0.15) is 44.7 Å². The Morgan fingerprint density at radius 1 is 0.902 bits per heavy atom. The van der Waals surface area contributed by atoms with Gasteiger partial charge in [0.25, 0.3) is 5.01 Å². The number of benzene rings is 2. The van der Waals surface area contributed by atoms with Gasteiger partial charge < -0.3 is 4.90 Å². The number of anilines is 1. The molecule has 0 saturated carbocycles. The van der Waals surface area contributed by atoms with Gasteiger partial charge in [-0.15, -0.1) is 8.42 Å². The summed E-state index contributed by atoms with van der Waals surface area (Å²) in [5, 5.41) is 0.619. The molecule has 2 N–H and O–H groups in total. The van der Waals surface area contributed by atoms with E-state index in [2.05, 4.69) is 25.7 Å². The van der Waals surface area contributed by atoms with Crippen molar-refractivity contribution in [3.05, 3.63) is 82.4 Å². The van der Waals surface area contributed by atoms with Crippen molar-refractivity contribution in [1.29, 1.82) is 0 Å². The van der Waals surface area contributed by atoms with E-state index in [4.69, 9.17) is 0 Å². The molecule has 0 aliphatic carbocycles. The summed E-state index contributed by atoms with van der Waals surface area (Å²) in [7, 11) is -9.03. The van der Waals surface area contributed by atoms with Crippen LogP contribution in [-0.2, 0) is 27.0 Å². The number of hydrogen-bond acceptors (Lipinski definition) is 7. The molecule has 0 bridgehead atoms. The molecule has 1 aromatic heterocycles. The molecule has 4 rings (SSSR count). The topological polar surface area (TPSA) is 119 Å². The van der Waals surface area contributed by atoms with Crippen LogP contribution < -0.4 is 8.28 Å². The highest BCUT2D eigenvalue weighted by molar-refractivity contribution is 8.05. The van der Waals surface area contributed by atoms with Gasteiger partial charge in [-0.1, -0.05) is 99.7 Å². The van der Waals surface area contributed by atoms with Crippen molar-refractivity contribution >= 4 is 65.7 Å². The van der Waals surface area contributed by atoms with E-state index in [1.54, 1.807) is 54.6 Å². The lowest BCUT2D eigenvalue weighted by Gasteiger charge is -2.15. The third-order valence-corrected chi connectivity index (χ3v) is 10.3. The van der Waals surface area contributed by atoms with E-state index in [1.165, 1.54) is 48.8 Å². The maximum atomic E-state index is 12.2. The summed E-state index contributed by atoms with van der Waals surface area (Å²) < 4.78 is 70.1. The SMILES string of the molecule is CCCc1cccc2sc(C=CC=CC=C3Sc4ccccc4N3S(=O)(=O)O)[n+](S(=O)(=O)O)c12.CCN(CC)CC. The largest absolute Gasteiger partial charge is 0.513 e. The highest BCUT2D eigenvalue weighted by atomic mass is 32.2. The third kappa shape index (κ3) is 8.28. The van der Waals surface area contributed by atoms with Crippen LogP contribution in [0.2, 0.25) is 0 Å². The Bertz CT molecular complexity index is 1650. The molecule has 1 aliphatic rings. The van der Waals surface area contributed by atoms with Gasteiger partial charge >= 0.3 is 20.6 Å². The van der Waals surface area contributed by atoms with Crippen molar-refractivity contribution in [1.82, 2.24) is 4.90 Å². The minimum Gasteiger partial charge on any atom is -0.304 e. The minimum atomic E-state index is -4.53. The first-order valence-corrected chi connectivity index (χ1v) is 17.6. The predicted octanol–water partition coefficient (Wildman–Crippen LogP) is 5.97. The lowest BCUT2D eigenvalue weighted by Crippen LogP contribution is -2.43. The number of aryl methyl sites for hydroxylation is 1. The Morgan fingerprint density at radius 2 is 1.59 bits per heavy atom. The van der Waals surface area contributed by atoms with Gasteiger partial charge in [0.1, 0.15) is 4.70 Å². The van der Waals surface area contributed by atoms with E-state index in [0.717, 1.165) is 25.0 Å². The molecule has 2 aromatic carbocycles. The molecular weight excluding hydrogens is 603 g/mol. The molecule has 3 aromatic rings. The monoisotopic (exact) mass is 638 g/mol. The minimum absolute atomic E-state index is 0.299. The highest BCUT2D eigenvalue weighted by Crippen LogP contribution is 2.47. The van der Waals surface area contributed by atoms with Crippen molar-refractivity contribution in [2.45, 2.75) is 45.4 Å². The summed E-state index contributed by atoms with van der Waals surface area (Å²) in [4.78, 5) is 3.07. The first kappa shape index (κ1) is 33.0. The van der Waals surface area contributed by atoms with Crippen LogP contribution in [0.3, 0.4) is 0 Å². The number of rotatable bonds is 10. The number of thioether (sulfide) groups is 1. The lowest BCUT2D eigenvalue weighted by atomic mass is 10.1. The molecule has 0 fully saturated rings. The molecular formula is C28H36N3O6S4+. The molecule has 222 valence electrons. The first-order chi connectivity index (χ1) is 19.5. The summed E-state index contributed by atoms with van der Waals surface area (Å²) in [6.07, 6.45) is 9.36. The summed E-state index contributed by atoms with van der Waals surface area (Å²) in [5.74, 6) is 0. The van der Waals surface area contributed by atoms with Gasteiger partial charge in [-0.3, -0.25) is 4.55 Å². The number of thiazole rings is 1. The van der Waals surface area contributed by atoms with Crippen LogP contribution in [-0.4, -0.2) is 50.5 Å². The fourth-order valence-corrected chi connectivity index (χ4v) is 8.59. The standard InChI is InChI=1S/C22H20N2O6S4.C6H15N/c1-2-9-16-10-8-13-19-22(16)24(34(28,29)30)21(32-19)15-5-3-4-14-20-23(33(25,26)27)17-11-6-7-12-18(17)31-20;1-4-7(5-2)6-3/h3-8,10-15H,2,9H2,1H3,(H-,25,26,27,28,29,30);4-6H2,1-3H3/p+1. The van der Waals surface area contributed by atoms with E-state index in [9.17, 15) is 25.9 Å².